The molecule has 5 heteroatoms. The Morgan fingerprint density at radius 3 is 2.19 bits per heavy atom. The topological polar surface area (TPSA) is 17.1 Å². The summed E-state index contributed by atoms with van der Waals surface area (Å²) in [6.45, 7) is 0. The van der Waals surface area contributed by atoms with E-state index in [0.717, 1.165) is 12.1 Å². The molecular formula is C11H10BrF3O. The molecule has 0 aromatic heterocycles. The van der Waals surface area contributed by atoms with Crippen LogP contribution in [0.25, 0.3) is 0 Å². The molecule has 0 aliphatic heterocycles. The SMILES string of the molecule is O=C(CCCBr)c1ccc(C(F)(F)F)cc1. The van der Waals surface area contributed by atoms with Crippen LogP contribution in [0.5, 0.6) is 0 Å². The van der Waals surface area contributed by atoms with E-state index in [9.17, 15) is 18.0 Å². The number of Topliss-reactive ketones (excluding diaryl/α,β-unsaturated/α-hetero) is 1. The third-order valence-electron chi connectivity index (χ3n) is 2.07. The number of benzene rings is 1. The second kappa shape index (κ2) is 5.48. The highest BCUT2D eigenvalue weighted by atomic mass is 79.9. The predicted octanol–water partition coefficient (Wildman–Crippen LogP) is 4.06. The van der Waals surface area contributed by atoms with Crippen LogP contribution in [0.1, 0.15) is 28.8 Å². The standard InChI is InChI=1S/C11H10BrF3O/c12-7-1-2-10(16)8-3-5-9(6-4-8)11(13,14)15/h3-6H,1-2,7H2. The monoisotopic (exact) mass is 294 g/mol. The average Bonchev–Trinajstić information content (AvgIpc) is 2.25. The number of carbonyl (C=O) groups excluding carboxylic acids is 1. The van der Waals surface area contributed by atoms with Crippen molar-refractivity contribution in [2.24, 2.45) is 0 Å². The molecule has 16 heavy (non-hydrogen) atoms. The molecule has 1 rings (SSSR count). The van der Waals surface area contributed by atoms with Crippen LogP contribution in [0.4, 0.5) is 13.2 Å². The number of rotatable bonds is 4. The van der Waals surface area contributed by atoms with Crippen molar-refractivity contribution in [3.8, 4) is 0 Å². The highest BCUT2D eigenvalue weighted by Gasteiger charge is 2.30. The third kappa shape index (κ3) is 3.63. The van der Waals surface area contributed by atoms with Crippen LogP contribution < -0.4 is 0 Å². The lowest BCUT2D eigenvalue weighted by molar-refractivity contribution is -0.137. The molecule has 1 aromatic carbocycles. The first-order valence-electron chi connectivity index (χ1n) is 4.71. The number of halogens is 4. The molecule has 0 bridgehead atoms. The first-order chi connectivity index (χ1) is 7.45. The molecule has 0 aliphatic carbocycles. The second-order valence-corrected chi connectivity index (χ2v) is 4.08. The maximum Gasteiger partial charge on any atom is 0.416 e. The van der Waals surface area contributed by atoms with Crippen LogP contribution in [-0.2, 0) is 6.18 Å². The first kappa shape index (κ1) is 13.2. The lowest BCUT2D eigenvalue weighted by Gasteiger charge is -2.06. The molecule has 0 spiro atoms. The number of ketones is 1. The molecule has 0 saturated carbocycles. The summed E-state index contributed by atoms with van der Waals surface area (Å²) >= 11 is 3.19. The van der Waals surface area contributed by atoms with Crippen LogP contribution in [0, 0.1) is 0 Å². The molecule has 1 aromatic rings. The summed E-state index contributed by atoms with van der Waals surface area (Å²) in [5, 5.41) is 0.708. The minimum absolute atomic E-state index is 0.131. The summed E-state index contributed by atoms with van der Waals surface area (Å²) in [4.78, 5) is 11.5. The molecule has 0 radical (unpaired) electrons. The van der Waals surface area contributed by atoms with E-state index in [1.807, 2.05) is 0 Å². The molecule has 88 valence electrons. The Morgan fingerprint density at radius 1 is 1.19 bits per heavy atom. The fourth-order valence-electron chi connectivity index (χ4n) is 1.22. The summed E-state index contributed by atoms with van der Waals surface area (Å²) in [5.74, 6) is -0.131. The number of carbonyl (C=O) groups is 1. The molecular weight excluding hydrogens is 285 g/mol. The van der Waals surface area contributed by atoms with Gasteiger partial charge in [-0.3, -0.25) is 4.79 Å². The van der Waals surface area contributed by atoms with E-state index < -0.39 is 11.7 Å². The van der Waals surface area contributed by atoms with Crippen molar-refractivity contribution in [3.05, 3.63) is 35.4 Å². The molecule has 0 atom stereocenters. The van der Waals surface area contributed by atoms with E-state index in [0.29, 0.717) is 23.7 Å². The van der Waals surface area contributed by atoms with Crippen LogP contribution >= 0.6 is 15.9 Å². The Morgan fingerprint density at radius 2 is 1.75 bits per heavy atom. The Balaban J connectivity index is 2.75. The summed E-state index contributed by atoms with van der Waals surface area (Å²) in [7, 11) is 0. The van der Waals surface area contributed by atoms with Crippen molar-refractivity contribution >= 4 is 21.7 Å². The van der Waals surface area contributed by atoms with Gasteiger partial charge in [0.2, 0.25) is 0 Å². The van der Waals surface area contributed by atoms with Gasteiger partial charge in [-0.15, -0.1) is 0 Å². The van der Waals surface area contributed by atoms with Gasteiger partial charge in [0, 0.05) is 17.3 Å². The minimum atomic E-state index is -4.35. The lowest BCUT2D eigenvalue weighted by atomic mass is 10.1. The maximum atomic E-state index is 12.2. The van der Waals surface area contributed by atoms with E-state index in [-0.39, 0.29) is 5.78 Å². The molecule has 1 nitrogen and oxygen atoms in total. The van der Waals surface area contributed by atoms with Crippen LogP contribution in [0.15, 0.2) is 24.3 Å². The van der Waals surface area contributed by atoms with Crippen molar-refractivity contribution in [3.63, 3.8) is 0 Å². The Bertz CT molecular complexity index is 356. The molecule has 0 N–H and O–H groups in total. The molecule has 0 unspecified atom stereocenters. The van der Waals surface area contributed by atoms with Gasteiger partial charge in [-0.05, 0) is 18.6 Å². The highest BCUT2D eigenvalue weighted by Crippen LogP contribution is 2.29. The summed E-state index contributed by atoms with van der Waals surface area (Å²) in [6, 6.07) is 4.31. The lowest BCUT2D eigenvalue weighted by Crippen LogP contribution is -2.06. The van der Waals surface area contributed by atoms with E-state index in [1.54, 1.807) is 0 Å². The molecule has 0 amide bonds. The fourth-order valence-corrected chi connectivity index (χ4v) is 1.50. The minimum Gasteiger partial charge on any atom is -0.294 e. The molecule has 0 fully saturated rings. The van der Waals surface area contributed by atoms with Gasteiger partial charge >= 0.3 is 6.18 Å². The summed E-state index contributed by atoms with van der Waals surface area (Å²) in [6.07, 6.45) is -3.33. The molecule has 0 saturated heterocycles. The normalized spacial score (nSPS) is 11.5. The summed E-state index contributed by atoms with van der Waals surface area (Å²) in [5.41, 5.74) is -0.404. The van der Waals surface area contributed by atoms with E-state index in [4.69, 9.17) is 0 Å². The fraction of sp³-hybridized carbons (Fsp3) is 0.364. The van der Waals surface area contributed by atoms with Crippen LogP contribution in [0.2, 0.25) is 0 Å². The van der Waals surface area contributed by atoms with Crippen LogP contribution in [-0.4, -0.2) is 11.1 Å². The summed E-state index contributed by atoms with van der Waals surface area (Å²) < 4.78 is 36.7. The van der Waals surface area contributed by atoms with Crippen LogP contribution in [0.3, 0.4) is 0 Å². The largest absolute Gasteiger partial charge is 0.416 e. The van der Waals surface area contributed by atoms with Gasteiger partial charge in [0.15, 0.2) is 5.78 Å². The van der Waals surface area contributed by atoms with Crippen molar-refractivity contribution in [1.82, 2.24) is 0 Å². The zero-order valence-corrected chi connectivity index (χ0v) is 9.94. The third-order valence-corrected chi connectivity index (χ3v) is 2.63. The number of hydrogen-bond acceptors (Lipinski definition) is 1. The quantitative estimate of drug-likeness (QED) is 0.604. The van der Waals surface area contributed by atoms with Gasteiger partial charge in [-0.25, -0.2) is 0 Å². The Labute approximate surface area is 99.8 Å². The van der Waals surface area contributed by atoms with Gasteiger partial charge in [0.1, 0.15) is 0 Å². The van der Waals surface area contributed by atoms with Gasteiger partial charge in [-0.1, -0.05) is 28.1 Å². The average molecular weight is 295 g/mol. The maximum absolute atomic E-state index is 12.2. The second-order valence-electron chi connectivity index (χ2n) is 3.29. The van der Waals surface area contributed by atoms with Gasteiger partial charge in [0.05, 0.1) is 5.56 Å². The van der Waals surface area contributed by atoms with Crippen molar-refractivity contribution in [2.45, 2.75) is 19.0 Å². The zero-order chi connectivity index (χ0) is 12.2. The van der Waals surface area contributed by atoms with Crippen molar-refractivity contribution in [2.75, 3.05) is 5.33 Å². The van der Waals surface area contributed by atoms with Gasteiger partial charge in [0.25, 0.3) is 0 Å². The van der Waals surface area contributed by atoms with Gasteiger partial charge in [-0.2, -0.15) is 13.2 Å². The first-order valence-corrected chi connectivity index (χ1v) is 5.83. The van der Waals surface area contributed by atoms with Crippen molar-refractivity contribution in [1.29, 1.82) is 0 Å². The van der Waals surface area contributed by atoms with E-state index in [1.165, 1.54) is 12.1 Å². The predicted molar refractivity (Wildman–Crippen MR) is 58.8 cm³/mol. The molecule has 0 aliphatic rings. The van der Waals surface area contributed by atoms with E-state index >= 15 is 0 Å². The Kier molecular flexibility index (Phi) is 4.53. The van der Waals surface area contributed by atoms with Gasteiger partial charge < -0.3 is 0 Å². The number of hydrogen-bond donors (Lipinski definition) is 0. The highest BCUT2D eigenvalue weighted by molar-refractivity contribution is 9.09. The zero-order valence-electron chi connectivity index (χ0n) is 8.35. The smallest absolute Gasteiger partial charge is 0.294 e. The van der Waals surface area contributed by atoms with Crippen molar-refractivity contribution < 1.29 is 18.0 Å². The number of alkyl halides is 4. The Hall–Kier alpha value is -0.840. The molecule has 0 heterocycles. The van der Waals surface area contributed by atoms with E-state index in [2.05, 4.69) is 15.9 Å².